The van der Waals surface area contributed by atoms with Crippen LogP contribution < -0.4 is 5.32 Å². The molecule has 1 N–H and O–H groups in total. The quantitative estimate of drug-likeness (QED) is 0.359. The van der Waals surface area contributed by atoms with Crippen molar-refractivity contribution >= 4 is 0 Å². The van der Waals surface area contributed by atoms with Crippen LogP contribution in [0.1, 0.15) is 88.5 Å². The molecule has 0 aromatic heterocycles. The maximum Gasteiger partial charge on any atom is 0.00413 e. The largest absolute Gasteiger partial charge is 0.317 e. The lowest BCUT2D eigenvalue weighted by Crippen LogP contribution is -2.40. The van der Waals surface area contributed by atoms with Gasteiger partial charge in [0.15, 0.2) is 0 Å². The van der Waals surface area contributed by atoms with E-state index in [-0.39, 0.29) is 0 Å². The number of rotatable bonds is 17. The Labute approximate surface area is 178 Å². The second-order valence-electron chi connectivity index (χ2n) is 9.79. The standard InChI is InChI=1S/C24H54N4/c1-20(2)26(17-13-19-28(23(7)8)24(9)10)16-11-14-25-15-12-18-27(21(3)4)22(5)6/h20-25H,11-19H2,1-10H3. The fourth-order valence-corrected chi connectivity index (χ4v) is 4.23. The van der Waals surface area contributed by atoms with Crippen molar-refractivity contribution in [1.29, 1.82) is 0 Å². The molecule has 4 nitrogen and oxygen atoms in total. The van der Waals surface area contributed by atoms with Crippen LogP contribution in [0.2, 0.25) is 0 Å². The third-order valence-corrected chi connectivity index (χ3v) is 5.81. The van der Waals surface area contributed by atoms with E-state index < -0.39 is 0 Å². The fraction of sp³-hybridized carbons (Fsp3) is 1.00. The van der Waals surface area contributed by atoms with Crippen molar-refractivity contribution in [1.82, 2.24) is 20.0 Å². The second kappa shape index (κ2) is 15.6. The zero-order chi connectivity index (χ0) is 21.7. The number of nitrogens with zero attached hydrogens (tertiary/aromatic N) is 3. The monoisotopic (exact) mass is 398 g/mol. The average Bonchev–Trinajstić information content (AvgIpc) is 2.57. The third-order valence-electron chi connectivity index (χ3n) is 5.81. The number of hydrogen-bond acceptors (Lipinski definition) is 4. The molecule has 4 heteroatoms. The molecule has 0 saturated carbocycles. The summed E-state index contributed by atoms with van der Waals surface area (Å²) in [5, 5.41) is 3.66. The van der Waals surface area contributed by atoms with Gasteiger partial charge in [-0.05, 0) is 128 Å². The van der Waals surface area contributed by atoms with Crippen molar-refractivity contribution in [2.24, 2.45) is 0 Å². The third kappa shape index (κ3) is 12.4. The summed E-state index contributed by atoms with van der Waals surface area (Å²) in [6.45, 7) is 30.2. The fourth-order valence-electron chi connectivity index (χ4n) is 4.23. The molecule has 0 aromatic rings. The van der Waals surface area contributed by atoms with Crippen molar-refractivity contribution in [2.75, 3.05) is 39.3 Å². The summed E-state index contributed by atoms with van der Waals surface area (Å²) in [6, 6.07) is 3.19. The van der Waals surface area contributed by atoms with E-state index in [2.05, 4.69) is 89.3 Å². The first-order chi connectivity index (χ1) is 13.1. The second-order valence-corrected chi connectivity index (χ2v) is 9.79. The Hall–Kier alpha value is -0.160. The Morgan fingerprint density at radius 1 is 0.464 bits per heavy atom. The van der Waals surface area contributed by atoms with Crippen molar-refractivity contribution in [3.63, 3.8) is 0 Å². The molecule has 0 radical (unpaired) electrons. The molecule has 0 aliphatic carbocycles. The van der Waals surface area contributed by atoms with Gasteiger partial charge in [-0.3, -0.25) is 9.80 Å². The summed E-state index contributed by atoms with van der Waals surface area (Å²) in [5.74, 6) is 0. The van der Waals surface area contributed by atoms with Crippen LogP contribution in [0.15, 0.2) is 0 Å². The first kappa shape index (κ1) is 27.8. The van der Waals surface area contributed by atoms with Gasteiger partial charge in [-0.15, -0.1) is 0 Å². The predicted molar refractivity (Wildman–Crippen MR) is 127 cm³/mol. The van der Waals surface area contributed by atoms with Crippen molar-refractivity contribution in [3.05, 3.63) is 0 Å². The van der Waals surface area contributed by atoms with Gasteiger partial charge < -0.3 is 10.2 Å². The van der Waals surface area contributed by atoms with Crippen LogP contribution in [-0.4, -0.2) is 84.2 Å². The first-order valence-electron chi connectivity index (χ1n) is 12.0. The van der Waals surface area contributed by atoms with E-state index in [0.29, 0.717) is 30.2 Å². The number of hydrogen-bond donors (Lipinski definition) is 1. The smallest absolute Gasteiger partial charge is 0.00413 e. The van der Waals surface area contributed by atoms with E-state index in [1.54, 1.807) is 0 Å². The highest BCUT2D eigenvalue weighted by Gasteiger charge is 2.15. The highest BCUT2D eigenvalue weighted by molar-refractivity contribution is 4.71. The summed E-state index contributed by atoms with van der Waals surface area (Å²) in [7, 11) is 0. The Morgan fingerprint density at radius 2 is 0.821 bits per heavy atom. The van der Waals surface area contributed by atoms with Gasteiger partial charge in [0.25, 0.3) is 0 Å². The van der Waals surface area contributed by atoms with Gasteiger partial charge in [0.1, 0.15) is 0 Å². The van der Waals surface area contributed by atoms with Crippen molar-refractivity contribution in [3.8, 4) is 0 Å². The van der Waals surface area contributed by atoms with Crippen LogP contribution in [0, 0.1) is 0 Å². The Bertz CT molecular complexity index is 337. The van der Waals surface area contributed by atoms with Gasteiger partial charge in [-0.1, -0.05) is 0 Å². The van der Waals surface area contributed by atoms with Crippen LogP contribution in [-0.2, 0) is 0 Å². The molecular weight excluding hydrogens is 344 g/mol. The first-order valence-corrected chi connectivity index (χ1v) is 12.0. The molecule has 0 aliphatic rings. The normalized spacial score (nSPS) is 13.1. The molecule has 0 rings (SSSR count). The summed E-state index contributed by atoms with van der Waals surface area (Å²) in [4.78, 5) is 7.84. The molecule has 0 fully saturated rings. The van der Waals surface area contributed by atoms with E-state index in [9.17, 15) is 0 Å². The van der Waals surface area contributed by atoms with Gasteiger partial charge in [-0.2, -0.15) is 0 Å². The lowest BCUT2D eigenvalue weighted by Gasteiger charge is -2.32. The highest BCUT2D eigenvalue weighted by atomic mass is 15.2. The van der Waals surface area contributed by atoms with Crippen LogP contribution in [0.3, 0.4) is 0 Å². The molecule has 0 amide bonds. The maximum absolute atomic E-state index is 3.66. The molecule has 0 aromatic carbocycles. The minimum absolute atomic E-state index is 0.636. The molecule has 0 unspecified atom stereocenters. The van der Waals surface area contributed by atoms with Gasteiger partial charge in [-0.25, -0.2) is 0 Å². The van der Waals surface area contributed by atoms with Gasteiger partial charge >= 0.3 is 0 Å². The molecule has 0 heterocycles. The molecule has 0 spiro atoms. The predicted octanol–water partition coefficient (Wildman–Crippen LogP) is 4.69. The lowest BCUT2D eigenvalue weighted by atomic mass is 10.2. The average molecular weight is 399 g/mol. The minimum Gasteiger partial charge on any atom is -0.317 e. The molecule has 28 heavy (non-hydrogen) atoms. The van der Waals surface area contributed by atoms with Gasteiger partial charge in [0.05, 0.1) is 0 Å². The van der Waals surface area contributed by atoms with Crippen LogP contribution in [0.4, 0.5) is 0 Å². The zero-order valence-corrected chi connectivity index (χ0v) is 21.1. The van der Waals surface area contributed by atoms with Crippen LogP contribution in [0.5, 0.6) is 0 Å². The summed E-state index contributed by atoms with van der Waals surface area (Å²) < 4.78 is 0. The summed E-state index contributed by atoms with van der Waals surface area (Å²) >= 11 is 0. The van der Waals surface area contributed by atoms with E-state index >= 15 is 0 Å². The minimum atomic E-state index is 0.636. The Balaban J connectivity index is 3.99. The van der Waals surface area contributed by atoms with E-state index in [4.69, 9.17) is 0 Å². The lowest BCUT2D eigenvalue weighted by molar-refractivity contribution is 0.151. The Kier molecular flexibility index (Phi) is 15.6. The van der Waals surface area contributed by atoms with E-state index in [1.807, 2.05) is 0 Å². The van der Waals surface area contributed by atoms with E-state index in [1.165, 1.54) is 45.4 Å². The zero-order valence-electron chi connectivity index (χ0n) is 21.1. The van der Waals surface area contributed by atoms with Crippen molar-refractivity contribution < 1.29 is 0 Å². The highest BCUT2D eigenvalue weighted by Crippen LogP contribution is 2.08. The van der Waals surface area contributed by atoms with E-state index in [0.717, 1.165) is 13.1 Å². The maximum atomic E-state index is 3.66. The molecule has 0 aliphatic heterocycles. The molecule has 0 atom stereocenters. The molecule has 0 bridgehead atoms. The summed E-state index contributed by atoms with van der Waals surface area (Å²) in [6.07, 6.45) is 3.75. The van der Waals surface area contributed by atoms with Gasteiger partial charge in [0, 0.05) is 30.2 Å². The SMILES string of the molecule is CC(C)N(CCCNCCCN(C(C)C)C(C)C)CCCN(C(C)C)C(C)C. The van der Waals surface area contributed by atoms with Crippen LogP contribution in [0.25, 0.3) is 0 Å². The van der Waals surface area contributed by atoms with Gasteiger partial charge in [0.2, 0.25) is 0 Å². The summed E-state index contributed by atoms with van der Waals surface area (Å²) in [5.41, 5.74) is 0. The Morgan fingerprint density at radius 3 is 1.21 bits per heavy atom. The topological polar surface area (TPSA) is 21.8 Å². The molecular formula is C24H54N4. The number of nitrogens with one attached hydrogen (secondary N) is 1. The molecule has 0 saturated heterocycles. The van der Waals surface area contributed by atoms with Crippen molar-refractivity contribution in [2.45, 2.75) is 119 Å². The molecule has 170 valence electrons. The van der Waals surface area contributed by atoms with Crippen LogP contribution >= 0.6 is 0 Å².